The number of urea groups is 1. The van der Waals surface area contributed by atoms with Crippen LogP contribution in [0.2, 0.25) is 0 Å². The molecule has 2 aliphatic heterocycles. The smallest absolute Gasteiger partial charge is 0.342 e. The highest BCUT2D eigenvalue weighted by Crippen LogP contribution is 2.51. The van der Waals surface area contributed by atoms with Crippen LogP contribution in [0.15, 0.2) is 103 Å². The molecular formula is C33H32N4O4. The van der Waals surface area contributed by atoms with E-state index in [4.69, 9.17) is 15.3 Å². The Bertz CT molecular complexity index is 1560. The summed E-state index contributed by atoms with van der Waals surface area (Å²) in [5.41, 5.74) is 2.89. The van der Waals surface area contributed by atoms with Crippen molar-refractivity contribution in [2.75, 3.05) is 11.4 Å². The average Bonchev–Trinajstić information content (AvgIpc) is 3.00. The Balaban J connectivity index is 1.24. The Hall–Kier alpha value is -4.82. The lowest BCUT2D eigenvalue weighted by Gasteiger charge is -2.53. The molecular weight excluding hydrogens is 516 g/mol. The maximum atomic E-state index is 13.7. The zero-order chi connectivity index (χ0) is 28.4. The fourth-order valence-corrected chi connectivity index (χ4v) is 5.56. The number of hydrazine groups is 1. The number of anilines is 1. The number of nitrogens with zero attached hydrogens (tertiary/aromatic N) is 2. The highest BCUT2D eigenvalue weighted by molar-refractivity contribution is 5.98. The number of benzene rings is 4. The minimum absolute atomic E-state index is 0.216. The van der Waals surface area contributed by atoms with Gasteiger partial charge in [-0.3, -0.25) is 14.7 Å². The Morgan fingerprint density at radius 2 is 1.68 bits per heavy atom. The van der Waals surface area contributed by atoms with E-state index in [0.29, 0.717) is 42.3 Å². The van der Waals surface area contributed by atoms with Gasteiger partial charge in [-0.05, 0) is 48.7 Å². The van der Waals surface area contributed by atoms with Gasteiger partial charge in [0, 0.05) is 24.1 Å². The number of carbonyl (C=O) groups is 2. The molecule has 3 N–H and O–H groups in total. The molecule has 2 aliphatic rings. The number of ether oxygens (including phenoxy) is 2. The van der Waals surface area contributed by atoms with Crippen LogP contribution in [-0.2, 0) is 13.0 Å². The topological polar surface area (TPSA) is 97.1 Å². The molecule has 0 saturated carbocycles. The van der Waals surface area contributed by atoms with E-state index in [9.17, 15) is 9.59 Å². The van der Waals surface area contributed by atoms with Crippen molar-refractivity contribution in [3.05, 3.63) is 125 Å². The first-order valence-electron chi connectivity index (χ1n) is 13.7. The summed E-state index contributed by atoms with van der Waals surface area (Å²) in [6.45, 7) is 2.74. The summed E-state index contributed by atoms with van der Waals surface area (Å²) in [7, 11) is 0. The van der Waals surface area contributed by atoms with E-state index < -0.39 is 17.8 Å². The van der Waals surface area contributed by atoms with Crippen LogP contribution in [0.25, 0.3) is 0 Å². The molecule has 2 bridgehead atoms. The van der Waals surface area contributed by atoms with Crippen LogP contribution in [0, 0.1) is 0 Å². The van der Waals surface area contributed by atoms with Gasteiger partial charge in [-0.15, -0.1) is 0 Å². The third-order valence-corrected chi connectivity index (χ3v) is 7.63. The van der Waals surface area contributed by atoms with Crippen LogP contribution >= 0.6 is 0 Å². The molecule has 0 radical (unpaired) electrons. The van der Waals surface area contributed by atoms with Crippen LogP contribution in [0.4, 0.5) is 10.5 Å². The predicted molar refractivity (Wildman–Crippen MR) is 156 cm³/mol. The molecule has 3 amide bonds. The van der Waals surface area contributed by atoms with Crippen molar-refractivity contribution in [1.82, 2.24) is 10.3 Å². The molecule has 2 atom stereocenters. The van der Waals surface area contributed by atoms with Crippen molar-refractivity contribution >= 4 is 17.6 Å². The van der Waals surface area contributed by atoms with Gasteiger partial charge in [0.15, 0.2) is 17.2 Å². The number of amides is 3. The van der Waals surface area contributed by atoms with E-state index in [1.165, 1.54) is 9.91 Å². The average molecular weight is 549 g/mol. The van der Waals surface area contributed by atoms with Crippen molar-refractivity contribution < 1.29 is 19.1 Å². The van der Waals surface area contributed by atoms with Crippen LogP contribution in [-0.4, -0.2) is 29.2 Å². The maximum Gasteiger partial charge on any atom is 0.342 e. The third-order valence-electron chi connectivity index (χ3n) is 7.63. The minimum atomic E-state index is -1.06. The van der Waals surface area contributed by atoms with Crippen molar-refractivity contribution in [2.45, 2.75) is 38.1 Å². The largest absolute Gasteiger partial charge is 0.485 e. The highest BCUT2D eigenvalue weighted by Gasteiger charge is 2.53. The molecule has 6 rings (SSSR count). The quantitative estimate of drug-likeness (QED) is 0.221. The molecule has 0 aliphatic carbocycles. The number of hydrogen-bond acceptors (Lipinski definition) is 5. The molecule has 0 spiro atoms. The molecule has 0 unspecified atom stereocenters. The van der Waals surface area contributed by atoms with E-state index in [-0.39, 0.29) is 5.91 Å². The third kappa shape index (κ3) is 5.21. The summed E-state index contributed by atoms with van der Waals surface area (Å²) in [4.78, 5) is 28.2. The van der Waals surface area contributed by atoms with E-state index in [1.807, 2.05) is 85.8 Å². The van der Waals surface area contributed by atoms with Crippen molar-refractivity contribution in [2.24, 2.45) is 5.84 Å². The lowest BCUT2D eigenvalue weighted by molar-refractivity contribution is -0.00305. The van der Waals surface area contributed by atoms with Crippen molar-refractivity contribution in [1.29, 1.82) is 0 Å². The van der Waals surface area contributed by atoms with Gasteiger partial charge in [-0.25, -0.2) is 10.6 Å². The van der Waals surface area contributed by atoms with Gasteiger partial charge >= 0.3 is 6.03 Å². The number of para-hydroxylation sites is 1. The first kappa shape index (κ1) is 26.4. The van der Waals surface area contributed by atoms with E-state index in [1.54, 1.807) is 24.3 Å². The maximum absolute atomic E-state index is 13.7. The molecule has 1 fully saturated rings. The van der Waals surface area contributed by atoms with Crippen LogP contribution < -0.4 is 25.5 Å². The van der Waals surface area contributed by atoms with Gasteiger partial charge in [0.05, 0.1) is 11.7 Å². The standard InChI is InChI=1S/C33H32N4O4/c1-33-21-28(27-16-9-17-29(30(27)41-33)40-22-24-12-6-3-7-13-24)37(34)32(39)36(33)26-15-8-14-25(20-26)31(38)35-19-18-23-10-4-2-5-11-23/h2-17,20,28H,18-19,21-22,34H2,1H3,(H,35,38)/t28-,33-/m1/s1. The van der Waals surface area contributed by atoms with Crippen molar-refractivity contribution in [3.8, 4) is 11.5 Å². The summed E-state index contributed by atoms with van der Waals surface area (Å²) < 4.78 is 12.8. The summed E-state index contributed by atoms with van der Waals surface area (Å²) in [5, 5.41) is 4.22. The molecule has 8 nitrogen and oxygen atoms in total. The first-order valence-corrected chi connectivity index (χ1v) is 13.7. The molecule has 0 aromatic heterocycles. The Kier molecular flexibility index (Phi) is 7.07. The molecule has 1 saturated heterocycles. The first-order chi connectivity index (χ1) is 19.9. The van der Waals surface area contributed by atoms with E-state index in [0.717, 1.165) is 23.1 Å². The van der Waals surface area contributed by atoms with Gasteiger partial charge in [0.2, 0.25) is 0 Å². The fourth-order valence-electron chi connectivity index (χ4n) is 5.56. The molecule has 4 aromatic rings. The van der Waals surface area contributed by atoms with Gasteiger partial charge < -0.3 is 14.8 Å². The second-order valence-electron chi connectivity index (χ2n) is 10.5. The number of nitrogens with two attached hydrogens (primary N) is 1. The Labute approximate surface area is 239 Å². The highest BCUT2D eigenvalue weighted by atomic mass is 16.5. The normalized spacial score (nSPS) is 19.3. The Morgan fingerprint density at radius 1 is 0.976 bits per heavy atom. The number of hydrogen-bond donors (Lipinski definition) is 2. The van der Waals surface area contributed by atoms with Crippen LogP contribution in [0.3, 0.4) is 0 Å². The zero-order valence-corrected chi connectivity index (χ0v) is 22.8. The predicted octanol–water partition coefficient (Wildman–Crippen LogP) is 5.59. The number of rotatable bonds is 8. The minimum Gasteiger partial charge on any atom is -0.485 e. The van der Waals surface area contributed by atoms with Gasteiger partial charge in [-0.1, -0.05) is 78.9 Å². The van der Waals surface area contributed by atoms with Crippen molar-refractivity contribution in [3.63, 3.8) is 0 Å². The zero-order valence-electron chi connectivity index (χ0n) is 22.8. The van der Waals surface area contributed by atoms with E-state index in [2.05, 4.69) is 5.32 Å². The monoisotopic (exact) mass is 548 g/mol. The van der Waals surface area contributed by atoms with Crippen LogP contribution in [0.1, 0.15) is 46.4 Å². The number of carbonyl (C=O) groups excluding carboxylic acids is 2. The lowest BCUT2D eigenvalue weighted by Crippen LogP contribution is -2.67. The summed E-state index contributed by atoms with van der Waals surface area (Å²) in [6.07, 6.45) is 1.16. The second kappa shape index (κ2) is 11.0. The molecule has 4 aromatic carbocycles. The fraction of sp³-hybridized carbons (Fsp3) is 0.212. The summed E-state index contributed by atoms with van der Waals surface area (Å²) >= 11 is 0. The van der Waals surface area contributed by atoms with Gasteiger partial charge in [0.1, 0.15) is 6.61 Å². The second-order valence-corrected chi connectivity index (χ2v) is 10.5. The summed E-state index contributed by atoms with van der Waals surface area (Å²) in [5.74, 6) is 7.35. The molecule has 41 heavy (non-hydrogen) atoms. The molecule has 8 heteroatoms. The lowest BCUT2D eigenvalue weighted by atomic mass is 9.89. The van der Waals surface area contributed by atoms with Gasteiger partial charge in [0.25, 0.3) is 5.91 Å². The van der Waals surface area contributed by atoms with Gasteiger partial charge in [-0.2, -0.15) is 0 Å². The van der Waals surface area contributed by atoms with Crippen LogP contribution in [0.5, 0.6) is 11.5 Å². The van der Waals surface area contributed by atoms with E-state index >= 15 is 0 Å². The molecule has 2 heterocycles. The SMILES string of the molecule is C[C@]12C[C@H](c3cccc(OCc4ccccc4)c3O1)N(N)C(=O)N2c1cccc(C(=O)NCCc2ccccc2)c1. The summed E-state index contributed by atoms with van der Waals surface area (Å²) in [6, 6.07) is 31.7. The number of fused-ring (bicyclic) bond motifs is 4. The Morgan fingerprint density at radius 3 is 2.44 bits per heavy atom. The number of nitrogens with one attached hydrogen (secondary N) is 1. The molecule has 208 valence electrons.